The first-order chi connectivity index (χ1) is 9.08. The number of rotatable bonds is 2. The summed E-state index contributed by atoms with van der Waals surface area (Å²) in [5.74, 6) is -0.719. The van der Waals surface area contributed by atoms with Gasteiger partial charge in [0, 0.05) is 18.6 Å². The molecule has 3 rings (SSSR count). The van der Waals surface area contributed by atoms with E-state index >= 15 is 0 Å². The fraction of sp³-hybridized carbons (Fsp3) is 0.857. The maximum absolute atomic E-state index is 12.7. The van der Waals surface area contributed by atoms with Gasteiger partial charge in [-0.15, -0.1) is 0 Å². The van der Waals surface area contributed by atoms with E-state index in [0.717, 1.165) is 32.1 Å². The molecular weight excluding hydrogens is 244 g/mol. The Morgan fingerprint density at radius 1 is 1.26 bits per heavy atom. The highest BCUT2D eigenvalue weighted by atomic mass is 16.4. The standard InChI is InChI=1S/C14H22N2O3/c1-8-3-2-6-16(12(8)14(18)19)13(17)10-7-9-4-5-11(10)15-9/h8-12,15H,2-7H2,1H3,(H,18,19). The van der Waals surface area contributed by atoms with Gasteiger partial charge >= 0.3 is 5.97 Å². The van der Waals surface area contributed by atoms with Crippen LogP contribution < -0.4 is 5.32 Å². The second-order valence-electron chi connectivity index (χ2n) is 6.32. The number of carbonyl (C=O) groups is 2. The molecule has 5 nitrogen and oxygen atoms in total. The smallest absolute Gasteiger partial charge is 0.326 e. The summed E-state index contributed by atoms with van der Waals surface area (Å²) >= 11 is 0. The number of carbonyl (C=O) groups excluding carboxylic acids is 1. The molecular formula is C14H22N2O3. The topological polar surface area (TPSA) is 69.6 Å². The van der Waals surface area contributed by atoms with E-state index in [0.29, 0.717) is 12.6 Å². The Bertz CT molecular complexity index is 398. The zero-order chi connectivity index (χ0) is 13.6. The molecule has 0 saturated carbocycles. The van der Waals surface area contributed by atoms with Crippen LogP contribution in [-0.4, -0.2) is 46.6 Å². The number of hydrogen-bond acceptors (Lipinski definition) is 3. The quantitative estimate of drug-likeness (QED) is 0.777. The Hall–Kier alpha value is -1.10. The zero-order valence-electron chi connectivity index (χ0n) is 11.3. The molecule has 0 aromatic rings. The highest BCUT2D eigenvalue weighted by molar-refractivity contribution is 5.86. The van der Waals surface area contributed by atoms with E-state index in [1.165, 1.54) is 0 Å². The second kappa shape index (κ2) is 4.78. The van der Waals surface area contributed by atoms with Crippen molar-refractivity contribution in [3.63, 3.8) is 0 Å². The number of aliphatic carboxylic acids is 1. The summed E-state index contributed by atoms with van der Waals surface area (Å²) < 4.78 is 0. The van der Waals surface area contributed by atoms with Gasteiger partial charge in [0.15, 0.2) is 0 Å². The maximum Gasteiger partial charge on any atom is 0.326 e. The van der Waals surface area contributed by atoms with Gasteiger partial charge in [-0.2, -0.15) is 0 Å². The first-order valence-electron chi connectivity index (χ1n) is 7.37. The molecule has 3 fully saturated rings. The first kappa shape index (κ1) is 12.9. The largest absolute Gasteiger partial charge is 0.480 e. The molecule has 3 aliphatic heterocycles. The van der Waals surface area contributed by atoms with E-state index in [1.54, 1.807) is 4.90 Å². The van der Waals surface area contributed by atoms with Crippen molar-refractivity contribution >= 4 is 11.9 Å². The van der Waals surface area contributed by atoms with E-state index in [1.807, 2.05) is 6.92 Å². The summed E-state index contributed by atoms with van der Waals surface area (Å²) in [6, 6.07) is 0.133. The van der Waals surface area contributed by atoms with Crippen molar-refractivity contribution in [2.45, 2.75) is 57.2 Å². The number of fused-ring (bicyclic) bond motifs is 2. The van der Waals surface area contributed by atoms with Gasteiger partial charge in [-0.25, -0.2) is 4.79 Å². The van der Waals surface area contributed by atoms with Crippen molar-refractivity contribution in [1.29, 1.82) is 0 Å². The summed E-state index contributed by atoms with van der Waals surface area (Å²) in [5.41, 5.74) is 0. The maximum atomic E-state index is 12.7. The van der Waals surface area contributed by atoms with Crippen LogP contribution in [0.2, 0.25) is 0 Å². The molecule has 2 N–H and O–H groups in total. The molecule has 3 aliphatic rings. The molecule has 0 aromatic carbocycles. The molecule has 5 atom stereocenters. The molecule has 5 unspecified atom stereocenters. The molecule has 0 aliphatic carbocycles. The summed E-state index contributed by atoms with van der Waals surface area (Å²) in [5, 5.41) is 12.9. The molecule has 19 heavy (non-hydrogen) atoms. The Labute approximate surface area is 113 Å². The predicted molar refractivity (Wildman–Crippen MR) is 69.6 cm³/mol. The number of nitrogens with one attached hydrogen (secondary N) is 1. The summed E-state index contributed by atoms with van der Waals surface area (Å²) in [7, 11) is 0. The number of piperidine rings is 1. The molecule has 3 heterocycles. The minimum atomic E-state index is -0.850. The Balaban J connectivity index is 1.76. The molecule has 0 aromatic heterocycles. The van der Waals surface area contributed by atoms with Crippen molar-refractivity contribution in [3.05, 3.63) is 0 Å². The number of carboxylic acid groups (broad SMARTS) is 1. The van der Waals surface area contributed by atoms with Crippen LogP contribution in [0.3, 0.4) is 0 Å². The summed E-state index contributed by atoms with van der Waals surface area (Å²) in [6.07, 6.45) is 4.93. The van der Waals surface area contributed by atoms with E-state index < -0.39 is 12.0 Å². The van der Waals surface area contributed by atoms with Crippen LogP contribution in [0.1, 0.15) is 39.0 Å². The Morgan fingerprint density at radius 3 is 2.63 bits per heavy atom. The molecule has 1 amide bonds. The van der Waals surface area contributed by atoms with Crippen LogP contribution in [-0.2, 0) is 9.59 Å². The SMILES string of the molecule is CC1CCCN(C(=O)C2CC3CCC2N3)C1C(=O)O. The van der Waals surface area contributed by atoms with E-state index in [2.05, 4.69) is 5.32 Å². The van der Waals surface area contributed by atoms with Crippen molar-refractivity contribution in [3.8, 4) is 0 Å². The lowest BCUT2D eigenvalue weighted by molar-refractivity contribution is -0.156. The molecule has 5 heteroatoms. The minimum absolute atomic E-state index is 0.00546. The van der Waals surface area contributed by atoms with Gasteiger partial charge in [-0.05, 0) is 38.0 Å². The highest BCUT2D eigenvalue weighted by Gasteiger charge is 2.47. The average Bonchev–Trinajstić information content (AvgIpc) is 2.99. The van der Waals surface area contributed by atoms with E-state index in [4.69, 9.17) is 0 Å². The van der Waals surface area contributed by atoms with Crippen molar-refractivity contribution in [1.82, 2.24) is 10.2 Å². The molecule has 106 valence electrons. The predicted octanol–water partition coefficient (Wildman–Crippen LogP) is 0.839. The van der Waals surface area contributed by atoms with Crippen LogP contribution >= 0.6 is 0 Å². The number of amides is 1. The van der Waals surface area contributed by atoms with E-state index in [9.17, 15) is 14.7 Å². The molecule has 0 radical (unpaired) electrons. The van der Waals surface area contributed by atoms with E-state index in [-0.39, 0.29) is 23.8 Å². The lowest BCUT2D eigenvalue weighted by Gasteiger charge is -2.39. The lowest BCUT2D eigenvalue weighted by Crippen LogP contribution is -2.54. The Kier molecular flexibility index (Phi) is 3.25. The van der Waals surface area contributed by atoms with Gasteiger partial charge in [-0.1, -0.05) is 6.92 Å². The lowest BCUT2D eigenvalue weighted by atomic mass is 9.85. The minimum Gasteiger partial charge on any atom is -0.480 e. The summed E-state index contributed by atoms with van der Waals surface area (Å²) in [4.78, 5) is 25.8. The van der Waals surface area contributed by atoms with Crippen molar-refractivity contribution in [2.75, 3.05) is 6.54 Å². The van der Waals surface area contributed by atoms with Gasteiger partial charge in [0.25, 0.3) is 0 Å². The van der Waals surface area contributed by atoms with Crippen molar-refractivity contribution < 1.29 is 14.7 Å². The normalized spacial score (nSPS) is 41.5. The zero-order valence-corrected chi connectivity index (χ0v) is 11.3. The third-order valence-corrected chi connectivity index (χ3v) is 5.09. The number of likely N-dealkylation sites (tertiary alicyclic amines) is 1. The number of carboxylic acids is 1. The Morgan fingerprint density at radius 2 is 2.05 bits per heavy atom. The third kappa shape index (κ3) is 2.14. The second-order valence-corrected chi connectivity index (χ2v) is 6.32. The number of hydrogen-bond donors (Lipinski definition) is 2. The number of nitrogens with zero attached hydrogens (tertiary/aromatic N) is 1. The van der Waals surface area contributed by atoms with Crippen LogP contribution in [0.25, 0.3) is 0 Å². The molecule has 0 spiro atoms. The van der Waals surface area contributed by atoms with Gasteiger partial charge in [0.1, 0.15) is 6.04 Å². The molecule has 3 saturated heterocycles. The fourth-order valence-electron chi connectivity index (χ4n) is 4.12. The van der Waals surface area contributed by atoms with Gasteiger partial charge < -0.3 is 15.3 Å². The van der Waals surface area contributed by atoms with Crippen LogP contribution in [0.15, 0.2) is 0 Å². The van der Waals surface area contributed by atoms with Crippen LogP contribution in [0.4, 0.5) is 0 Å². The average molecular weight is 266 g/mol. The van der Waals surface area contributed by atoms with Crippen LogP contribution in [0, 0.1) is 11.8 Å². The summed E-state index contributed by atoms with van der Waals surface area (Å²) in [6.45, 7) is 2.55. The fourth-order valence-corrected chi connectivity index (χ4v) is 4.12. The van der Waals surface area contributed by atoms with Crippen LogP contribution in [0.5, 0.6) is 0 Å². The first-order valence-corrected chi connectivity index (χ1v) is 7.37. The molecule has 2 bridgehead atoms. The van der Waals surface area contributed by atoms with Gasteiger partial charge in [0.05, 0.1) is 5.92 Å². The van der Waals surface area contributed by atoms with Gasteiger partial charge in [0.2, 0.25) is 5.91 Å². The van der Waals surface area contributed by atoms with Gasteiger partial charge in [-0.3, -0.25) is 4.79 Å². The highest BCUT2D eigenvalue weighted by Crippen LogP contribution is 2.36. The third-order valence-electron chi connectivity index (χ3n) is 5.09. The monoisotopic (exact) mass is 266 g/mol. The van der Waals surface area contributed by atoms with Crippen molar-refractivity contribution in [2.24, 2.45) is 11.8 Å².